The summed E-state index contributed by atoms with van der Waals surface area (Å²) < 4.78 is 6.43. The lowest BCUT2D eigenvalue weighted by Gasteiger charge is -2.21. The fourth-order valence-electron chi connectivity index (χ4n) is 3.35. The first-order valence-corrected chi connectivity index (χ1v) is 10.0. The first kappa shape index (κ1) is 19.1. The number of carbonyl (C=O) groups excluding carboxylic acids is 1. The second-order valence-electron chi connectivity index (χ2n) is 6.58. The maximum Gasteiger partial charge on any atom is 0.255 e. The summed E-state index contributed by atoms with van der Waals surface area (Å²) in [6, 6.07) is 7.30. The van der Waals surface area contributed by atoms with Gasteiger partial charge < -0.3 is 15.4 Å². The molecule has 28 heavy (non-hydrogen) atoms. The van der Waals surface area contributed by atoms with Crippen LogP contribution in [0, 0.1) is 0 Å². The van der Waals surface area contributed by atoms with E-state index in [0.29, 0.717) is 48.2 Å². The summed E-state index contributed by atoms with van der Waals surface area (Å²) >= 11 is 9.82. The molecule has 3 aromatic rings. The van der Waals surface area contributed by atoms with Crippen LogP contribution in [0.25, 0.3) is 10.9 Å². The number of hydrogen-bond acceptors (Lipinski definition) is 5. The standard InChI is InChI=1S/C20H18BrClN4O2/c1-2-26(8-12-4-3-11(21)7-24-12)20(27)14-5-13-15-9-28-10-16(15)19(23)25-18(13)6-17(14)22/h3-7H,2,8-10H2,1H3,(H2,23,25). The van der Waals surface area contributed by atoms with E-state index in [-0.39, 0.29) is 5.91 Å². The van der Waals surface area contributed by atoms with E-state index in [1.165, 1.54) is 0 Å². The highest BCUT2D eigenvalue weighted by atomic mass is 79.9. The topological polar surface area (TPSA) is 81.3 Å². The Morgan fingerprint density at radius 3 is 2.82 bits per heavy atom. The summed E-state index contributed by atoms with van der Waals surface area (Å²) in [4.78, 5) is 23.7. The highest BCUT2D eigenvalue weighted by molar-refractivity contribution is 9.10. The zero-order chi connectivity index (χ0) is 19.8. The molecule has 2 aromatic heterocycles. The molecule has 1 aliphatic heterocycles. The maximum absolute atomic E-state index is 13.2. The van der Waals surface area contributed by atoms with Crippen molar-refractivity contribution in [3.8, 4) is 0 Å². The van der Waals surface area contributed by atoms with E-state index >= 15 is 0 Å². The molecule has 0 atom stereocenters. The van der Waals surface area contributed by atoms with Crippen molar-refractivity contribution in [1.82, 2.24) is 14.9 Å². The van der Waals surface area contributed by atoms with E-state index in [1.54, 1.807) is 23.2 Å². The molecule has 0 saturated heterocycles. The molecule has 3 heterocycles. The predicted octanol–water partition coefficient (Wildman–Crippen LogP) is 4.32. The molecule has 0 unspecified atom stereocenters. The number of anilines is 1. The van der Waals surface area contributed by atoms with Gasteiger partial charge in [0.05, 0.1) is 41.6 Å². The van der Waals surface area contributed by atoms with Crippen molar-refractivity contribution >= 4 is 50.2 Å². The molecule has 6 nitrogen and oxygen atoms in total. The number of rotatable bonds is 4. The minimum Gasteiger partial charge on any atom is -0.383 e. The number of halogens is 2. The zero-order valence-electron chi connectivity index (χ0n) is 15.2. The van der Waals surface area contributed by atoms with Crippen LogP contribution in [0.4, 0.5) is 5.82 Å². The van der Waals surface area contributed by atoms with Gasteiger partial charge in [0.1, 0.15) is 5.82 Å². The molecule has 0 fully saturated rings. The van der Waals surface area contributed by atoms with Gasteiger partial charge in [-0.2, -0.15) is 0 Å². The third-order valence-corrected chi connectivity index (χ3v) is 5.64. The minimum atomic E-state index is -0.149. The van der Waals surface area contributed by atoms with E-state index in [4.69, 9.17) is 22.1 Å². The van der Waals surface area contributed by atoms with E-state index < -0.39 is 0 Å². The molecule has 0 radical (unpaired) electrons. The summed E-state index contributed by atoms with van der Waals surface area (Å²) in [5, 5.41) is 1.21. The van der Waals surface area contributed by atoms with E-state index in [0.717, 1.165) is 26.7 Å². The second kappa shape index (κ2) is 7.66. The first-order chi connectivity index (χ1) is 13.5. The van der Waals surface area contributed by atoms with Crippen LogP contribution >= 0.6 is 27.5 Å². The highest BCUT2D eigenvalue weighted by Gasteiger charge is 2.23. The van der Waals surface area contributed by atoms with Crippen LogP contribution < -0.4 is 5.73 Å². The fraction of sp³-hybridized carbons (Fsp3) is 0.250. The summed E-state index contributed by atoms with van der Waals surface area (Å²) in [6.07, 6.45) is 1.72. The lowest BCUT2D eigenvalue weighted by Crippen LogP contribution is -2.31. The summed E-state index contributed by atoms with van der Waals surface area (Å²) in [5.41, 5.74) is 9.81. The Kier molecular flexibility index (Phi) is 5.23. The number of benzene rings is 1. The Morgan fingerprint density at radius 2 is 2.11 bits per heavy atom. The number of aromatic nitrogens is 2. The van der Waals surface area contributed by atoms with Crippen molar-refractivity contribution in [2.75, 3.05) is 12.3 Å². The van der Waals surface area contributed by atoms with Crippen molar-refractivity contribution in [1.29, 1.82) is 0 Å². The van der Waals surface area contributed by atoms with Gasteiger partial charge in [-0.05, 0) is 52.7 Å². The molecule has 0 spiro atoms. The summed E-state index contributed by atoms with van der Waals surface area (Å²) in [7, 11) is 0. The lowest BCUT2D eigenvalue weighted by atomic mass is 10.0. The monoisotopic (exact) mass is 460 g/mol. The van der Waals surface area contributed by atoms with Crippen LogP contribution in [-0.2, 0) is 24.5 Å². The average Bonchev–Trinajstić information content (AvgIpc) is 3.17. The van der Waals surface area contributed by atoms with Gasteiger partial charge in [0, 0.05) is 28.2 Å². The van der Waals surface area contributed by atoms with Crippen LogP contribution in [0.5, 0.6) is 0 Å². The van der Waals surface area contributed by atoms with Gasteiger partial charge in [0.2, 0.25) is 0 Å². The van der Waals surface area contributed by atoms with Crippen molar-refractivity contribution in [3.63, 3.8) is 0 Å². The number of ether oxygens (including phenoxy) is 1. The number of pyridine rings is 2. The van der Waals surface area contributed by atoms with Gasteiger partial charge in [-0.15, -0.1) is 0 Å². The molecule has 0 bridgehead atoms. The van der Waals surface area contributed by atoms with Gasteiger partial charge in [0.25, 0.3) is 5.91 Å². The van der Waals surface area contributed by atoms with Crippen LogP contribution in [0.2, 0.25) is 5.02 Å². The highest BCUT2D eigenvalue weighted by Crippen LogP contribution is 2.34. The Labute approximate surface area is 175 Å². The molecular formula is C20H18BrClN4O2. The van der Waals surface area contributed by atoms with Crippen LogP contribution in [0.1, 0.15) is 34.1 Å². The zero-order valence-corrected chi connectivity index (χ0v) is 17.5. The number of nitrogens with zero attached hydrogens (tertiary/aromatic N) is 3. The number of nitrogen functional groups attached to an aromatic ring is 1. The largest absolute Gasteiger partial charge is 0.383 e. The van der Waals surface area contributed by atoms with Gasteiger partial charge in [-0.1, -0.05) is 11.6 Å². The first-order valence-electron chi connectivity index (χ1n) is 8.86. The number of fused-ring (bicyclic) bond motifs is 3. The molecule has 4 rings (SSSR count). The van der Waals surface area contributed by atoms with Gasteiger partial charge in [0.15, 0.2) is 0 Å². The van der Waals surface area contributed by atoms with Crippen LogP contribution in [-0.4, -0.2) is 27.3 Å². The lowest BCUT2D eigenvalue weighted by molar-refractivity contribution is 0.0751. The summed E-state index contributed by atoms with van der Waals surface area (Å²) in [5.74, 6) is 0.301. The minimum absolute atomic E-state index is 0.149. The van der Waals surface area contributed by atoms with Crippen molar-refractivity contribution in [2.24, 2.45) is 0 Å². The Morgan fingerprint density at radius 1 is 1.32 bits per heavy atom. The molecule has 1 aliphatic rings. The molecule has 1 amide bonds. The maximum atomic E-state index is 13.2. The molecular weight excluding hydrogens is 444 g/mol. The molecule has 0 aliphatic carbocycles. The molecule has 0 saturated carbocycles. The van der Waals surface area contributed by atoms with Gasteiger partial charge in [-0.3, -0.25) is 9.78 Å². The third-order valence-electron chi connectivity index (χ3n) is 4.86. The Balaban J connectivity index is 1.72. The van der Waals surface area contributed by atoms with E-state index in [2.05, 4.69) is 25.9 Å². The van der Waals surface area contributed by atoms with Crippen molar-refractivity contribution < 1.29 is 9.53 Å². The molecule has 8 heteroatoms. The molecule has 1 aromatic carbocycles. The Hall–Kier alpha value is -2.22. The summed E-state index contributed by atoms with van der Waals surface area (Å²) in [6.45, 7) is 3.75. The number of hydrogen-bond donors (Lipinski definition) is 1. The van der Waals surface area contributed by atoms with E-state index in [9.17, 15) is 4.79 Å². The Bertz CT molecular complexity index is 1070. The molecule has 2 N–H and O–H groups in total. The van der Waals surface area contributed by atoms with Gasteiger partial charge in [-0.25, -0.2) is 4.98 Å². The second-order valence-corrected chi connectivity index (χ2v) is 7.91. The third kappa shape index (κ3) is 3.45. The van der Waals surface area contributed by atoms with E-state index in [1.807, 2.05) is 19.1 Å². The normalized spacial score (nSPS) is 13.0. The van der Waals surface area contributed by atoms with Crippen molar-refractivity contribution in [2.45, 2.75) is 26.7 Å². The fourth-order valence-corrected chi connectivity index (χ4v) is 3.82. The van der Waals surface area contributed by atoms with Crippen LogP contribution in [0.15, 0.2) is 34.9 Å². The van der Waals surface area contributed by atoms with Crippen LogP contribution in [0.3, 0.4) is 0 Å². The SMILES string of the molecule is CCN(Cc1ccc(Br)cn1)C(=O)c1cc2c3c(c(N)nc2cc1Cl)COC3. The quantitative estimate of drug-likeness (QED) is 0.626. The number of carbonyl (C=O) groups is 1. The molecule has 144 valence electrons. The van der Waals surface area contributed by atoms with Crippen molar-refractivity contribution in [3.05, 3.63) is 62.3 Å². The average molecular weight is 462 g/mol. The van der Waals surface area contributed by atoms with Gasteiger partial charge >= 0.3 is 0 Å². The predicted molar refractivity (Wildman–Crippen MR) is 112 cm³/mol. The smallest absolute Gasteiger partial charge is 0.255 e. The number of nitrogens with two attached hydrogens (primary N) is 1. The number of amides is 1.